The number of rotatable bonds is 10. The molecule has 0 bridgehead atoms. The molecule has 1 saturated heterocycles. The Kier molecular flexibility index (Phi) is 8.60. The van der Waals surface area contributed by atoms with Gasteiger partial charge in [-0.3, -0.25) is 14.4 Å². The summed E-state index contributed by atoms with van der Waals surface area (Å²) < 4.78 is 0.941. The van der Waals surface area contributed by atoms with Gasteiger partial charge in [-0.15, -0.1) is 11.3 Å². The highest BCUT2D eigenvalue weighted by Crippen LogP contribution is 2.24. The number of thiazole rings is 1. The summed E-state index contributed by atoms with van der Waals surface area (Å²) in [5, 5.41) is 3.36. The second kappa shape index (κ2) is 12.0. The van der Waals surface area contributed by atoms with Crippen LogP contribution in [0.5, 0.6) is 0 Å². The number of carbonyl (C=O) groups excluding carboxylic acids is 3. The number of Topliss-reactive ketones (excluding diaryl/α,β-unsaturated/α-hetero) is 1. The molecule has 1 aliphatic rings. The van der Waals surface area contributed by atoms with Gasteiger partial charge in [-0.1, -0.05) is 42.5 Å². The maximum absolute atomic E-state index is 13.3. The number of aromatic nitrogens is 1. The van der Waals surface area contributed by atoms with Crippen molar-refractivity contribution < 1.29 is 14.4 Å². The first-order valence-electron chi connectivity index (χ1n) is 12.3. The maximum atomic E-state index is 13.3. The minimum atomic E-state index is -0.671. The van der Waals surface area contributed by atoms with Crippen molar-refractivity contribution in [1.82, 2.24) is 15.2 Å². The standard InChI is InChI=1S/C27H32N4O3S/c28-16-6-12-22(25(33)27-30-21-11-4-5-13-23(21)35-27)29-26(34)20-10-7-17-31(18-20)24(32)15-14-19-8-2-1-3-9-19/h1-5,8-9,11,13,20,22H,6-7,10,12,14-18,28H2,(H,29,34)/t20?,22-/m0/s1. The molecule has 1 aliphatic heterocycles. The summed E-state index contributed by atoms with van der Waals surface area (Å²) in [7, 11) is 0. The van der Waals surface area contributed by atoms with Gasteiger partial charge in [0.15, 0.2) is 5.01 Å². The predicted octanol–water partition coefficient (Wildman–Crippen LogP) is 3.57. The molecule has 0 saturated carbocycles. The van der Waals surface area contributed by atoms with Crippen LogP contribution in [0, 0.1) is 5.92 Å². The van der Waals surface area contributed by atoms with Crippen LogP contribution >= 0.6 is 11.3 Å². The van der Waals surface area contributed by atoms with Crippen LogP contribution in [-0.4, -0.2) is 53.2 Å². The molecule has 2 atom stereocenters. The number of aryl methyl sites for hydroxylation is 1. The van der Waals surface area contributed by atoms with E-state index in [-0.39, 0.29) is 23.5 Å². The van der Waals surface area contributed by atoms with Gasteiger partial charge >= 0.3 is 0 Å². The second-order valence-corrected chi connectivity index (χ2v) is 10.0. The minimum absolute atomic E-state index is 0.0663. The molecule has 3 aromatic rings. The maximum Gasteiger partial charge on any atom is 0.225 e. The molecule has 3 N–H and O–H groups in total. The molecule has 1 aromatic heterocycles. The zero-order chi connectivity index (χ0) is 24.6. The fraction of sp³-hybridized carbons (Fsp3) is 0.407. The summed E-state index contributed by atoms with van der Waals surface area (Å²) >= 11 is 1.34. The van der Waals surface area contributed by atoms with Crippen LogP contribution in [-0.2, 0) is 16.0 Å². The van der Waals surface area contributed by atoms with Crippen LogP contribution in [0.4, 0.5) is 0 Å². The Morgan fingerprint density at radius 1 is 1.11 bits per heavy atom. The first kappa shape index (κ1) is 25.0. The molecule has 2 heterocycles. The van der Waals surface area contributed by atoms with E-state index in [2.05, 4.69) is 10.3 Å². The SMILES string of the molecule is NCCC[C@H](NC(=O)C1CCCN(C(=O)CCc2ccccc2)C1)C(=O)c1nc2ccccc2s1. The molecule has 0 radical (unpaired) electrons. The molecule has 7 nitrogen and oxygen atoms in total. The fourth-order valence-electron chi connectivity index (χ4n) is 4.48. The molecule has 4 rings (SSSR count). The van der Waals surface area contributed by atoms with E-state index in [4.69, 9.17) is 5.73 Å². The average Bonchev–Trinajstić information content (AvgIpc) is 3.34. The van der Waals surface area contributed by atoms with Gasteiger partial charge in [-0.05, 0) is 56.3 Å². The molecule has 184 valence electrons. The Bertz CT molecular complexity index is 1130. The second-order valence-electron chi connectivity index (χ2n) is 9.01. The molecule has 0 aliphatic carbocycles. The number of nitrogens with zero attached hydrogens (tertiary/aromatic N) is 2. The van der Waals surface area contributed by atoms with Gasteiger partial charge in [0.1, 0.15) is 0 Å². The topological polar surface area (TPSA) is 105 Å². The van der Waals surface area contributed by atoms with E-state index in [1.807, 2.05) is 54.6 Å². The van der Waals surface area contributed by atoms with E-state index in [0.717, 1.165) is 22.2 Å². The smallest absolute Gasteiger partial charge is 0.225 e. The zero-order valence-corrected chi connectivity index (χ0v) is 20.6. The lowest BCUT2D eigenvalue weighted by Gasteiger charge is -2.33. The van der Waals surface area contributed by atoms with Crippen LogP contribution in [0.25, 0.3) is 10.2 Å². The van der Waals surface area contributed by atoms with Crippen LogP contribution in [0.15, 0.2) is 54.6 Å². The van der Waals surface area contributed by atoms with Gasteiger partial charge in [0.25, 0.3) is 0 Å². The van der Waals surface area contributed by atoms with Crippen LogP contribution in [0.1, 0.15) is 47.5 Å². The fourth-order valence-corrected chi connectivity index (χ4v) is 5.44. The summed E-state index contributed by atoms with van der Waals surface area (Å²) in [6.07, 6.45) is 3.67. The molecule has 1 unspecified atom stereocenters. The summed E-state index contributed by atoms with van der Waals surface area (Å²) in [5.41, 5.74) is 7.60. The number of hydrogen-bond donors (Lipinski definition) is 2. The molecule has 0 spiro atoms. The lowest BCUT2D eigenvalue weighted by molar-refractivity contribution is -0.135. The van der Waals surface area contributed by atoms with Crippen molar-refractivity contribution in [3.05, 3.63) is 65.2 Å². The summed E-state index contributed by atoms with van der Waals surface area (Å²) in [5.74, 6) is -0.619. The first-order valence-corrected chi connectivity index (χ1v) is 13.1. The lowest BCUT2D eigenvalue weighted by Crippen LogP contribution is -2.49. The molecule has 2 amide bonds. The highest BCUT2D eigenvalue weighted by molar-refractivity contribution is 7.20. The minimum Gasteiger partial charge on any atom is -0.346 e. The van der Waals surface area contributed by atoms with E-state index in [0.29, 0.717) is 56.7 Å². The summed E-state index contributed by atoms with van der Waals surface area (Å²) in [6.45, 7) is 1.49. The number of para-hydroxylation sites is 1. The largest absolute Gasteiger partial charge is 0.346 e. The molecule has 1 fully saturated rings. The van der Waals surface area contributed by atoms with Crippen molar-refractivity contribution >= 4 is 39.2 Å². The number of likely N-dealkylation sites (tertiary alicyclic amines) is 1. The quantitative estimate of drug-likeness (QED) is 0.421. The normalized spacial score (nSPS) is 16.7. The number of ketones is 1. The molecule has 8 heteroatoms. The monoisotopic (exact) mass is 492 g/mol. The van der Waals surface area contributed by atoms with Crippen LogP contribution in [0.3, 0.4) is 0 Å². The molecule has 2 aromatic carbocycles. The molecule has 35 heavy (non-hydrogen) atoms. The Balaban J connectivity index is 1.37. The Hall–Kier alpha value is -3.10. The number of benzene rings is 2. The Morgan fingerprint density at radius 2 is 1.89 bits per heavy atom. The van der Waals surface area contributed by atoms with Crippen molar-refractivity contribution in [3.63, 3.8) is 0 Å². The number of hydrogen-bond acceptors (Lipinski definition) is 6. The Labute approximate surface area is 209 Å². The van der Waals surface area contributed by atoms with Gasteiger partial charge < -0.3 is 16.0 Å². The van der Waals surface area contributed by atoms with Crippen molar-refractivity contribution in [2.75, 3.05) is 19.6 Å². The number of nitrogens with two attached hydrogens (primary N) is 1. The van der Waals surface area contributed by atoms with Crippen molar-refractivity contribution in [1.29, 1.82) is 0 Å². The third-order valence-corrected chi connectivity index (χ3v) is 7.50. The van der Waals surface area contributed by atoms with Crippen molar-refractivity contribution in [3.8, 4) is 0 Å². The average molecular weight is 493 g/mol. The highest BCUT2D eigenvalue weighted by Gasteiger charge is 2.31. The number of piperidine rings is 1. The Morgan fingerprint density at radius 3 is 2.66 bits per heavy atom. The number of amides is 2. The van der Waals surface area contributed by atoms with Crippen molar-refractivity contribution in [2.24, 2.45) is 11.7 Å². The number of carbonyl (C=O) groups is 3. The first-order chi connectivity index (χ1) is 17.0. The van der Waals surface area contributed by atoms with E-state index in [1.165, 1.54) is 11.3 Å². The van der Waals surface area contributed by atoms with E-state index >= 15 is 0 Å². The van der Waals surface area contributed by atoms with Crippen LogP contribution < -0.4 is 11.1 Å². The van der Waals surface area contributed by atoms with Gasteiger partial charge in [0.2, 0.25) is 17.6 Å². The number of fused-ring (bicyclic) bond motifs is 1. The van der Waals surface area contributed by atoms with E-state index < -0.39 is 6.04 Å². The predicted molar refractivity (Wildman–Crippen MR) is 138 cm³/mol. The third kappa shape index (κ3) is 6.52. The van der Waals surface area contributed by atoms with Gasteiger partial charge in [0, 0.05) is 19.5 Å². The van der Waals surface area contributed by atoms with Crippen LogP contribution in [0.2, 0.25) is 0 Å². The summed E-state index contributed by atoms with van der Waals surface area (Å²) in [6, 6.07) is 16.9. The van der Waals surface area contributed by atoms with Gasteiger partial charge in [-0.2, -0.15) is 0 Å². The van der Waals surface area contributed by atoms with E-state index in [1.54, 1.807) is 4.90 Å². The lowest BCUT2D eigenvalue weighted by atomic mass is 9.95. The van der Waals surface area contributed by atoms with Crippen molar-refractivity contribution in [2.45, 2.75) is 44.6 Å². The van der Waals surface area contributed by atoms with E-state index in [9.17, 15) is 14.4 Å². The third-order valence-electron chi connectivity index (χ3n) is 6.45. The molecular formula is C27H32N4O3S. The zero-order valence-electron chi connectivity index (χ0n) is 19.8. The van der Waals surface area contributed by atoms with Gasteiger partial charge in [0.05, 0.1) is 22.2 Å². The molecular weight excluding hydrogens is 460 g/mol. The number of nitrogens with one attached hydrogen (secondary N) is 1. The highest BCUT2D eigenvalue weighted by atomic mass is 32.1. The van der Waals surface area contributed by atoms with Gasteiger partial charge in [-0.25, -0.2) is 4.98 Å². The summed E-state index contributed by atoms with van der Waals surface area (Å²) in [4.78, 5) is 45.5.